The SMILES string of the molecule is Cn1[nH]c(-c2ccccc2F)c(CC(=O)O)c1=O. The zero-order valence-electron chi connectivity index (χ0n) is 9.61. The number of carboxylic acids is 1. The van der Waals surface area contributed by atoms with Gasteiger partial charge in [0.2, 0.25) is 0 Å². The highest BCUT2D eigenvalue weighted by Crippen LogP contribution is 2.22. The second kappa shape index (κ2) is 4.48. The third kappa shape index (κ3) is 2.04. The van der Waals surface area contributed by atoms with E-state index in [-0.39, 0.29) is 16.8 Å². The Labute approximate surface area is 101 Å². The Kier molecular flexibility index (Phi) is 3.01. The number of carbonyl (C=O) groups is 1. The van der Waals surface area contributed by atoms with Gasteiger partial charge in [0.15, 0.2) is 0 Å². The summed E-state index contributed by atoms with van der Waals surface area (Å²) >= 11 is 0. The number of aromatic nitrogens is 2. The number of rotatable bonds is 3. The maximum Gasteiger partial charge on any atom is 0.308 e. The van der Waals surface area contributed by atoms with Crippen molar-refractivity contribution in [3.63, 3.8) is 0 Å². The number of nitrogens with zero attached hydrogens (tertiary/aromatic N) is 1. The largest absolute Gasteiger partial charge is 0.481 e. The molecule has 0 radical (unpaired) electrons. The summed E-state index contributed by atoms with van der Waals surface area (Å²) in [6.07, 6.45) is -0.445. The van der Waals surface area contributed by atoms with E-state index in [1.165, 1.54) is 25.2 Å². The molecule has 0 atom stereocenters. The van der Waals surface area contributed by atoms with Crippen molar-refractivity contribution in [1.29, 1.82) is 0 Å². The van der Waals surface area contributed by atoms with Crippen LogP contribution in [0, 0.1) is 5.82 Å². The van der Waals surface area contributed by atoms with E-state index in [2.05, 4.69) is 5.10 Å². The van der Waals surface area contributed by atoms with Crippen LogP contribution in [-0.4, -0.2) is 20.9 Å². The normalized spacial score (nSPS) is 10.6. The van der Waals surface area contributed by atoms with Gasteiger partial charge in [-0.15, -0.1) is 0 Å². The number of aryl methyl sites for hydroxylation is 1. The Bertz CT molecular complexity index is 658. The minimum absolute atomic E-state index is 0.0510. The summed E-state index contributed by atoms with van der Waals surface area (Å²) in [7, 11) is 1.46. The highest BCUT2D eigenvalue weighted by Gasteiger charge is 2.18. The molecule has 5 nitrogen and oxygen atoms in total. The third-order valence-electron chi connectivity index (χ3n) is 2.62. The average Bonchev–Trinajstić information content (AvgIpc) is 2.57. The van der Waals surface area contributed by atoms with Gasteiger partial charge in [0.25, 0.3) is 5.56 Å². The zero-order chi connectivity index (χ0) is 13.3. The van der Waals surface area contributed by atoms with Crippen molar-refractivity contribution < 1.29 is 14.3 Å². The van der Waals surface area contributed by atoms with Crippen molar-refractivity contribution >= 4 is 5.97 Å². The number of H-pyrrole nitrogens is 1. The number of aromatic amines is 1. The molecule has 2 N–H and O–H groups in total. The van der Waals surface area contributed by atoms with Crippen LogP contribution in [0.25, 0.3) is 11.3 Å². The first-order valence-corrected chi connectivity index (χ1v) is 5.25. The quantitative estimate of drug-likeness (QED) is 0.857. The molecule has 0 fully saturated rings. The fourth-order valence-electron chi connectivity index (χ4n) is 1.80. The lowest BCUT2D eigenvalue weighted by Crippen LogP contribution is -2.17. The molecule has 18 heavy (non-hydrogen) atoms. The van der Waals surface area contributed by atoms with E-state index in [4.69, 9.17) is 5.11 Å². The molecule has 0 bridgehead atoms. The number of carboxylic acid groups (broad SMARTS) is 1. The first-order chi connectivity index (χ1) is 8.50. The van der Waals surface area contributed by atoms with E-state index >= 15 is 0 Å². The monoisotopic (exact) mass is 250 g/mol. The van der Waals surface area contributed by atoms with Gasteiger partial charge in [-0.05, 0) is 12.1 Å². The summed E-state index contributed by atoms with van der Waals surface area (Å²) in [5, 5.41) is 11.5. The highest BCUT2D eigenvalue weighted by atomic mass is 19.1. The summed E-state index contributed by atoms with van der Waals surface area (Å²) in [6.45, 7) is 0. The van der Waals surface area contributed by atoms with Crippen LogP contribution in [0.4, 0.5) is 4.39 Å². The van der Waals surface area contributed by atoms with Gasteiger partial charge < -0.3 is 5.11 Å². The summed E-state index contributed by atoms with van der Waals surface area (Å²) in [4.78, 5) is 22.5. The number of hydrogen-bond donors (Lipinski definition) is 2. The summed E-state index contributed by atoms with van der Waals surface area (Å²) in [6, 6.07) is 5.89. The van der Waals surface area contributed by atoms with E-state index in [9.17, 15) is 14.0 Å². The number of aliphatic carboxylic acids is 1. The third-order valence-corrected chi connectivity index (χ3v) is 2.62. The fraction of sp³-hybridized carbons (Fsp3) is 0.167. The summed E-state index contributed by atoms with van der Waals surface area (Å²) in [5.74, 6) is -1.64. The zero-order valence-corrected chi connectivity index (χ0v) is 9.61. The lowest BCUT2D eigenvalue weighted by molar-refractivity contribution is -0.136. The molecule has 1 aromatic carbocycles. The predicted molar refractivity (Wildman–Crippen MR) is 62.8 cm³/mol. The van der Waals surface area contributed by atoms with Crippen molar-refractivity contribution in [1.82, 2.24) is 9.78 Å². The molecular weight excluding hydrogens is 239 g/mol. The van der Waals surface area contributed by atoms with Crippen LogP contribution in [0.15, 0.2) is 29.1 Å². The Balaban J connectivity index is 2.65. The smallest absolute Gasteiger partial charge is 0.308 e. The van der Waals surface area contributed by atoms with Crippen LogP contribution in [0.1, 0.15) is 5.56 Å². The predicted octanol–water partition coefficient (Wildman–Crippen LogP) is 1.15. The molecule has 2 rings (SSSR count). The molecular formula is C12H11FN2O3. The van der Waals surface area contributed by atoms with Gasteiger partial charge >= 0.3 is 5.97 Å². The standard InChI is InChI=1S/C12H11FN2O3/c1-15-12(18)8(6-10(16)17)11(14-15)7-4-2-3-5-9(7)13/h2-5,14H,6H2,1H3,(H,16,17). The number of benzene rings is 1. The maximum atomic E-state index is 13.7. The maximum absolute atomic E-state index is 13.7. The van der Waals surface area contributed by atoms with Crippen molar-refractivity contribution in [2.75, 3.05) is 0 Å². The Morgan fingerprint density at radius 3 is 2.72 bits per heavy atom. The molecule has 6 heteroatoms. The second-order valence-corrected chi connectivity index (χ2v) is 3.88. The van der Waals surface area contributed by atoms with Crippen LogP contribution in [0.5, 0.6) is 0 Å². The minimum Gasteiger partial charge on any atom is -0.481 e. The van der Waals surface area contributed by atoms with E-state index in [0.717, 1.165) is 4.68 Å². The van der Waals surface area contributed by atoms with Gasteiger partial charge in [-0.2, -0.15) is 0 Å². The Morgan fingerprint density at radius 2 is 2.11 bits per heavy atom. The lowest BCUT2D eigenvalue weighted by atomic mass is 10.1. The topological polar surface area (TPSA) is 75.1 Å². The molecule has 0 aliphatic heterocycles. The van der Waals surface area contributed by atoms with Crippen LogP contribution in [0.2, 0.25) is 0 Å². The van der Waals surface area contributed by atoms with E-state index < -0.39 is 23.8 Å². The van der Waals surface area contributed by atoms with Gasteiger partial charge in [-0.25, -0.2) is 4.39 Å². The van der Waals surface area contributed by atoms with Crippen molar-refractivity contribution in [2.24, 2.45) is 7.05 Å². The molecule has 94 valence electrons. The van der Waals surface area contributed by atoms with Crippen LogP contribution in [-0.2, 0) is 18.3 Å². The van der Waals surface area contributed by atoms with Gasteiger partial charge in [0, 0.05) is 12.6 Å². The molecule has 0 amide bonds. The Hall–Kier alpha value is -2.37. The first-order valence-electron chi connectivity index (χ1n) is 5.25. The van der Waals surface area contributed by atoms with Crippen LogP contribution < -0.4 is 5.56 Å². The summed E-state index contributed by atoms with van der Waals surface area (Å²) < 4.78 is 14.8. The molecule has 0 saturated carbocycles. The van der Waals surface area contributed by atoms with Crippen molar-refractivity contribution in [3.05, 3.63) is 46.0 Å². The van der Waals surface area contributed by atoms with Crippen LogP contribution in [0.3, 0.4) is 0 Å². The van der Waals surface area contributed by atoms with Crippen molar-refractivity contribution in [3.8, 4) is 11.3 Å². The molecule has 1 aromatic heterocycles. The molecule has 1 heterocycles. The molecule has 0 spiro atoms. The van der Waals surface area contributed by atoms with Crippen molar-refractivity contribution in [2.45, 2.75) is 6.42 Å². The number of nitrogens with one attached hydrogen (secondary N) is 1. The van der Waals surface area contributed by atoms with E-state index in [0.29, 0.717) is 0 Å². The highest BCUT2D eigenvalue weighted by molar-refractivity contribution is 5.74. The molecule has 0 aliphatic carbocycles. The average molecular weight is 250 g/mol. The number of halogens is 1. The van der Waals surface area contributed by atoms with Gasteiger partial charge in [0.05, 0.1) is 17.7 Å². The summed E-state index contributed by atoms with van der Waals surface area (Å²) in [5.41, 5.74) is -0.0137. The number of hydrogen-bond acceptors (Lipinski definition) is 2. The van der Waals surface area contributed by atoms with Gasteiger partial charge in [0.1, 0.15) is 5.82 Å². The minimum atomic E-state index is -1.13. The fourth-order valence-corrected chi connectivity index (χ4v) is 1.80. The van der Waals surface area contributed by atoms with E-state index in [1.54, 1.807) is 6.07 Å². The van der Waals surface area contributed by atoms with Gasteiger partial charge in [-0.3, -0.25) is 19.4 Å². The van der Waals surface area contributed by atoms with E-state index in [1.807, 2.05) is 0 Å². The van der Waals surface area contributed by atoms with Gasteiger partial charge in [-0.1, -0.05) is 12.1 Å². The lowest BCUT2D eigenvalue weighted by Gasteiger charge is -2.02. The van der Waals surface area contributed by atoms with Crippen LogP contribution >= 0.6 is 0 Å². The second-order valence-electron chi connectivity index (χ2n) is 3.88. The molecule has 2 aromatic rings. The Morgan fingerprint density at radius 1 is 1.44 bits per heavy atom. The molecule has 0 saturated heterocycles. The first kappa shape index (κ1) is 12.1. The molecule has 0 unspecified atom stereocenters. The molecule has 0 aliphatic rings.